The first-order chi connectivity index (χ1) is 13.9. The van der Waals surface area contributed by atoms with Crippen LogP contribution in [0.15, 0.2) is 23.2 Å². The standard InChI is InChI=1S/C21H36N4O4.HI/c1-6-22-20(24-15-21(2,3)25-9-11-29-12-10-25)23-14-18(26)17-13-16(27-4)7-8-19(17)28-5;/h7-8,13,18,26H,6,9-12,14-15H2,1-5H3,(H2,22,23,24);1H. The number of guanidine groups is 1. The predicted octanol–water partition coefficient (Wildman–Crippen LogP) is 2.02. The molecule has 9 heteroatoms. The van der Waals surface area contributed by atoms with Crippen LogP contribution >= 0.6 is 24.0 Å². The Balaban J connectivity index is 0.00000450. The van der Waals surface area contributed by atoms with Crippen LogP contribution in [-0.2, 0) is 4.74 Å². The molecule has 1 aliphatic heterocycles. The van der Waals surface area contributed by atoms with Crippen molar-refractivity contribution in [1.82, 2.24) is 15.5 Å². The van der Waals surface area contributed by atoms with E-state index in [9.17, 15) is 5.11 Å². The Morgan fingerprint density at radius 2 is 1.93 bits per heavy atom. The molecule has 1 saturated heterocycles. The van der Waals surface area contributed by atoms with E-state index in [1.54, 1.807) is 26.4 Å². The average molecular weight is 536 g/mol. The third-order valence-electron chi connectivity index (χ3n) is 5.09. The van der Waals surface area contributed by atoms with Crippen LogP contribution in [0.3, 0.4) is 0 Å². The first kappa shape index (κ1) is 26.7. The minimum atomic E-state index is -0.767. The summed E-state index contributed by atoms with van der Waals surface area (Å²) in [5, 5.41) is 17.2. The fourth-order valence-electron chi connectivity index (χ4n) is 3.29. The average Bonchev–Trinajstić information content (AvgIpc) is 2.75. The van der Waals surface area contributed by atoms with E-state index in [1.807, 2.05) is 13.0 Å². The highest BCUT2D eigenvalue weighted by Gasteiger charge is 2.28. The van der Waals surface area contributed by atoms with Crippen molar-refractivity contribution in [3.8, 4) is 11.5 Å². The van der Waals surface area contributed by atoms with Crippen molar-refractivity contribution in [3.05, 3.63) is 23.8 Å². The largest absolute Gasteiger partial charge is 0.497 e. The van der Waals surface area contributed by atoms with Crippen LogP contribution in [0, 0.1) is 0 Å². The number of hydrogen-bond donors (Lipinski definition) is 3. The van der Waals surface area contributed by atoms with Gasteiger partial charge in [0.25, 0.3) is 0 Å². The molecule has 8 nitrogen and oxygen atoms in total. The number of aliphatic hydroxyl groups is 1. The SMILES string of the molecule is CCNC(=NCC(C)(C)N1CCOCC1)NCC(O)c1cc(OC)ccc1OC.I. The molecule has 1 fully saturated rings. The summed E-state index contributed by atoms with van der Waals surface area (Å²) in [6.45, 7) is 11.5. The zero-order chi connectivity index (χ0) is 21.3. The second kappa shape index (κ2) is 13.2. The molecule has 30 heavy (non-hydrogen) atoms. The van der Waals surface area contributed by atoms with E-state index < -0.39 is 6.10 Å². The van der Waals surface area contributed by atoms with Crippen LogP contribution in [-0.4, -0.2) is 81.7 Å². The summed E-state index contributed by atoms with van der Waals surface area (Å²) >= 11 is 0. The lowest BCUT2D eigenvalue weighted by atomic mass is 10.0. The molecule has 0 spiro atoms. The molecule has 1 aromatic carbocycles. The zero-order valence-electron chi connectivity index (χ0n) is 18.7. The van der Waals surface area contributed by atoms with Gasteiger partial charge in [-0.3, -0.25) is 9.89 Å². The molecule has 2 rings (SSSR count). The van der Waals surface area contributed by atoms with Gasteiger partial charge in [0.05, 0.1) is 40.1 Å². The Hall–Kier alpha value is -1.30. The summed E-state index contributed by atoms with van der Waals surface area (Å²) in [6, 6.07) is 5.39. The maximum atomic E-state index is 10.7. The van der Waals surface area contributed by atoms with Gasteiger partial charge in [0, 0.05) is 37.3 Å². The number of ether oxygens (including phenoxy) is 3. The van der Waals surface area contributed by atoms with Gasteiger partial charge in [-0.05, 0) is 39.0 Å². The first-order valence-electron chi connectivity index (χ1n) is 10.2. The van der Waals surface area contributed by atoms with Crippen molar-refractivity contribution in [2.24, 2.45) is 4.99 Å². The van der Waals surface area contributed by atoms with Gasteiger partial charge < -0.3 is 30.0 Å². The fourth-order valence-corrected chi connectivity index (χ4v) is 3.29. The quantitative estimate of drug-likeness (QED) is 0.253. The first-order valence-corrected chi connectivity index (χ1v) is 10.2. The van der Waals surface area contributed by atoms with E-state index in [2.05, 4.69) is 29.4 Å². The molecular weight excluding hydrogens is 499 g/mol. The number of aliphatic hydroxyl groups excluding tert-OH is 1. The van der Waals surface area contributed by atoms with Crippen LogP contribution < -0.4 is 20.1 Å². The normalized spacial score (nSPS) is 16.4. The van der Waals surface area contributed by atoms with Gasteiger partial charge in [-0.25, -0.2) is 0 Å². The number of nitrogens with one attached hydrogen (secondary N) is 2. The van der Waals surface area contributed by atoms with Gasteiger partial charge >= 0.3 is 0 Å². The van der Waals surface area contributed by atoms with Crippen LogP contribution in [0.1, 0.15) is 32.4 Å². The highest BCUT2D eigenvalue weighted by Crippen LogP contribution is 2.29. The number of morpholine rings is 1. The lowest BCUT2D eigenvalue weighted by Crippen LogP contribution is -2.52. The number of methoxy groups -OCH3 is 2. The molecular formula is C21H37IN4O4. The topological polar surface area (TPSA) is 87.6 Å². The number of nitrogens with zero attached hydrogens (tertiary/aromatic N) is 2. The molecule has 1 heterocycles. The van der Waals surface area contributed by atoms with Crippen molar-refractivity contribution in [1.29, 1.82) is 0 Å². The Morgan fingerprint density at radius 1 is 1.23 bits per heavy atom. The third kappa shape index (κ3) is 7.75. The van der Waals surface area contributed by atoms with E-state index in [-0.39, 0.29) is 29.5 Å². The maximum absolute atomic E-state index is 10.7. The predicted molar refractivity (Wildman–Crippen MR) is 130 cm³/mol. The Bertz CT molecular complexity index is 666. The number of aliphatic imine (C=N–C) groups is 1. The van der Waals surface area contributed by atoms with Crippen molar-refractivity contribution < 1.29 is 19.3 Å². The van der Waals surface area contributed by atoms with Crippen molar-refractivity contribution in [3.63, 3.8) is 0 Å². The molecule has 0 saturated carbocycles. The summed E-state index contributed by atoms with van der Waals surface area (Å²) < 4.78 is 16.1. The van der Waals surface area contributed by atoms with E-state index in [0.717, 1.165) is 32.8 Å². The lowest BCUT2D eigenvalue weighted by Gasteiger charge is -2.39. The van der Waals surface area contributed by atoms with Gasteiger partial charge in [-0.2, -0.15) is 0 Å². The number of hydrogen-bond acceptors (Lipinski definition) is 6. The molecule has 1 aliphatic rings. The summed E-state index contributed by atoms with van der Waals surface area (Å²) in [5.41, 5.74) is 0.602. The Morgan fingerprint density at radius 3 is 2.53 bits per heavy atom. The molecule has 1 unspecified atom stereocenters. The second-order valence-electron chi connectivity index (χ2n) is 7.61. The molecule has 172 valence electrons. The molecule has 0 aliphatic carbocycles. The zero-order valence-corrected chi connectivity index (χ0v) is 21.1. The Labute approximate surface area is 197 Å². The fraction of sp³-hybridized carbons (Fsp3) is 0.667. The summed E-state index contributed by atoms with van der Waals surface area (Å²) in [5.74, 6) is 1.97. The highest BCUT2D eigenvalue weighted by molar-refractivity contribution is 14.0. The highest BCUT2D eigenvalue weighted by atomic mass is 127. The van der Waals surface area contributed by atoms with E-state index >= 15 is 0 Å². The van der Waals surface area contributed by atoms with E-state index in [4.69, 9.17) is 19.2 Å². The molecule has 0 bridgehead atoms. The third-order valence-corrected chi connectivity index (χ3v) is 5.09. The minimum absolute atomic E-state index is 0. The van der Waals surface area contributed by atoms with Gasteiger partial charge in [-0.15, -0.1) is 24.0 Å². The molecule has 0 amide bonds. The number of benzene rings is 1. The van der Waals surface area contributed by atoms with E-state index in [1.165, 1.54) is 0 Å². The smallest absolute Gasteiger partial charge is 0.191 e. The van der Waals surface area contributed by atoms with Crippen LogP contribution in [0.2, 0.25) is 0 Å². The van der Waals surface area contributed by atoms with Crippen molar-refractivity contribution >= 4 is 29.9 Å². The summed E-state index contributed by atoms with van der Waals surface area (Å²) in [7, 11) is 3.19. The second-order valence-corrected chi connectivity index (χ2v) is 7.61. The van der Waals surface area contributed by atoms with Crippen molar-refractivity contribution in [2.45, 2.75) is 32.4 Å². The van der Waals surface area contributed by atoms with Gasteiger partial charge in [0.2, 0.25) is 0 Å². The molecule has 1 atom stereocenters. The van der Waals surface area contributed by atoms with Crippen LogP contribution in [0.4, 0.5) is 0 Å². The van der Waals surface area contributed by atoms with Gasteiger partial charge in [0.15, 0.2) is 5.96 Å². The van der Waals surface area contributed by atoms with Gasteiger partial charge in [-0.1, -0.05) is 0 Å². The maximum Gasteiger partial charge on any atom is 0.191 e. The Kier molecular flexibility index (Phi) is 11.7. The molecule has 1 aromatic rings. The van der Waals surface area contributed by atoms with Crippen LogP contribution in [0.5, 0.6) is 11.5 Å². The minimum Gasteiger partial charge on any atom is -0.497 e. The van der Waals surface area contributed by atoms with Gasteiger partial charge in [0.1, 0.15) is 11.5 Å². The summed E-state index contributed by atoms with van der Waals surface area (Å²) in [6.07, 6.45) is -0.767. The summed E-state index contributed by atoms with van der Waals surface area (Å²) in [4.78, 5) is 7.15. The van der Waals surface area contributed by atoms with E-state index in [0.29, 0.717) is 36.1 Å². The number of rotatable bonds is 9. The molecule has 3 N–H and O–H groups in total. The van der Waals surface area contributed by atoms with Crippen LogP contribution in [0.25, 0.3) is 0 Å². The van der Waals surface area contributed by atoms with Crippen molar-refractivity contribution in [2.75, 3.05) is 60.2 Å². The molecule has 0 aromatic heterocycles. The monoisotopic (exact) mass is 536 g/mol. The number of halogens is 1. The lowest BCUT2D eigenvalue weighted by molar-refractivity contribution is -0.00684. The molecule has 0 radical (unpaired) electrons.